The minimum atomic E-state index is 0.391. The van der Waals surface area contributed by atoms with Crippen molar-refractivity contribution in [2.24, 2.45) is 7.05 Å². The first-order chi connectivity index (χ1) is 9.02. The highest BCUT2D eigenvalue weighted by atomic mass is 35.5. The van der Waals surface area contributed by atoms with Crippen molar-refractivity contribution in [2.45, 2.75) is 12.8 Å². The molecule has 0 aliphatic heterocycles. The fourth-order valence-electron chi connectivity index (χ4n) is 1.90. The maximum absolute atomic E-state index is 5.96. The number of rotatable bonds is 4. The molecular formula is C14H18ClN3O. The van der Waals surface area contributed by atoms with Gasteiger partial charge in [0.05, 0.1) is 17.1 Å². The Kier molecular flexibility index (Phi) is 4.00. The van der Waals surface area contributed by atoms with Crippen LogP contribution in [0.25, 0.3) is 0 Å². The Morgan fingerprint density at radius 1 is 1.37 bits per heavy atom. The molecule has 0 aliphatic rings. The van der Waals surface area contributed by atoms with Gasteiger partial charge in [0.1, 0.15) is 5.75 Å². The molecule has 2 aromatic rings. The summed E-state index contributed by atoms with van der Waals surface area (Å²) in [6.07, 6.45) is 0. The van der Waals surface area contributed by atoms with Gasteiger partial charge in [-0.1, -0.05) is 6.07 Å². The van der Waals surface area contributed by atoms with E-state index in [1.807, 2.05) is 57.2 Å². The molecule has 0 saturated carbocycles. The molecule has 0 saturated heterocycles. The van der Waals surface area contributed by atoms with Crippen LogP contribution in [-0.2, 0) is 12.9 Å². The van der Waals surface area contributed by atoms with Crippen molar-refractivity contribution >= 4 is 17.3 Å². The van der Waals surface area contributed by atoms with Gasteiger partial charge in [0, 0.05) is 32.9 Å². The third-order valence-electron chi connectivity index (χ3n) is 2.97. The van der Waals surface area contributed by atoms with Gasteiger partial charge in [-0.25, -0.2) is 4.68 Å². The highest BCUT2D eigenvalue weighted by Crippen LogP contribution is 2.30. The molecule has 0 amide bonds. The monoisotopic (exact) mass is 279 g/mol. The van der Waals surface area contributed by atoms with E-state index in [0.29, 0.717) is 11.8 Å². The summed E-state index contributed by atoms with van der Waals surface area (Å²) in [6.45, 7) is 1.93. The standard InChI is InChI=1S/C14H18ClN3O/c1-10-13(9-15)14(18(4)16-10)19-12-7-5-6-11(8-12)17(2)3/h5-8H,9H2,1-4H3. The average Bonchev–Trinajstić information content (AvgIpc) is 2.64. The lowest BCUT2D eigenvalue weighted by molar-refractivity contribution is 0.427. The smallest absolute Gasteiger partial charge is 0.222 e. The van der Waals surface area contributed by atoms with Crippen molar-refractivity contribution in [1.82, 2.24) is 9.78 Å². The second-order valence-electron chi connectivity index (χ2n) is 4.62. The number of aromatic nitrogens is 2. The molecule has 0 unspecified atom stereocenters. The molecule has 2 rings (SSSR count). The number of ether oxygens (including phenoxy) is 1. The van der Waals surface area contributed by atoms with Crippen molar-refractivity contribution in [1.29, 1.82) is 0 Å². The SMILES string of the molecule is Cc1nn(C)c(Oc2cccc(N(C)C)c2)c1CCl. The van der Waals surface area contributed by atoms with Crippen LogP contribution in [-0.4, -0.2) is 23.9 Å². The summed E-state index contributed by atoms with van der Waals surface area (Å²) in [7, 11) is 5.85. The van der Waals surface area contributed by atoms with Gasteiger partial charge in [-0.3, -0.25) is 0 Å². The molecule has 0 bridgehead atoms. The van der Waals surface area contributed by atoms with Crippen LogP contribution in [0.2, 0.25) is 0 Å². The van der Waals surface area contributed by atoms with E-state index in [2.05, 4.69) is 5.10 Å². The lowest BCUT2D eigenvalue weighted by Crippen LogP contribution is -2.08. The van der Waals surface area contributed by atoms with E-state index in [1.54, 1.807) is 4.68 Å². The predicted octanol–water partition coefficient (Wildman–Crippen LogP) is 3.33. The predicted molar refractivity (Wildman–Crippen MR) is 78.3 cm³/mol. The van der Waals surface area contributed by atoms with Gasteiger partial charge >= 0.3 is 0 Å². The number of hydrogen-bond acceptors (Lipinski definition) is 3. The second kappa shape index (κ2) is 5.53. The van der Waals surface area contributed by atoms with E-state index < -0.39 is 0 Å². The molecule has 0 N–H and O–H groups in total. The number of benzene rings is 1. The summed E-state index contributed by atoms with van der Waals surface area (Å²) in [5.41, 5.74) is 2.92. The number of hydrogen-bond donors (Lipinski definition) is 0. The molecule has 1 heterocycles. The highest BCUT2D eigenvalue weighted by molar-refractivity contribution is 6.17. The fourth-order valence-corrected chi connectivity index (χ4v) is 2.21. The maximum atomic E-state index is 5.96. The Hall–Kier alpha value is -1.68. The number of nitrogens with zero attached hydrogens (tertiary/aromatic N) is 3. The summed E-state index contributed by atoms with van der Waals surface area (Å²) in [4.78, 5) is 2.03. The topological polar surface area (TPSA) is 30.3 Å². The lowest BCUT2D eigenvalue weighted by Gasteiger charge is -2.14. The van der Waals surface area contributed by atoms with Gasteiger partial charge < -0.3 is 9.64 Å². The van der Waals surface area contributed by atoms with E-state index in [-0.39, 0.29) is 0 Å². The van der Waals surface area contributed by atoms with Crippen LogP contribution in [0.3, 0.4) is 0 Å². The largest absolute Gasteiger partial charge is 0.439 e. The fraction of sp³-hybridized carbons (Fsp3) is 0.357. The quantitative estimate of drug-likeness (QED) is 0.804. The van der Waals surface area contributed by atoms with Gasteiger partial charge in [-0.2, -0.15) is 5.10 Å². The molecule has 0 radical (unpaired) electrons. The number of halogens is 1. The molecular weight excluding hydrogens is 262 g/mol. The summed E-state index contributed by atoms with van der Waals surface area (Å²) in [5.74, 6) is 1.87. The maximum Gasteiger partial charge on any atom is 0.222 e. The third-order valence-corrected chi connectivity index (χ3v) is 3.24. The Morgan fingerprint density at radius 2 is 2.11 bits per heavy atom. The molecule has 4 nitrogen and oxygen atoms in total. The van der Waals surface area contributed by atoms with Crippen LogP contribution < -0.4 is 9.64 Å². The molecule has 0 spiro atoms. The van der Waals surface area contributed by atoms with Crippen LogP contribution >= 0.6 is 11.6 Å². The first kappa shape index (κ1) is 13.7. The molecule has 0 aliphatic carbocycles. The van der Waals surface area contributed by atoms with Crippen molar-refractivity contribution in [3.8, 4) is 11.6 Å². The Labute approximate surface area is 118 Å². The van der Waals surface area contributed by atoms with Crippen LogP contribution in [0.1, 0.15) is 11.3 Å². The molecule has 102 valence electrons. The molecule has 0 fully saturated rings. The zero-order valence-corrected chi connectivity index (χ0v) is 12.4. The second-order valence-corrected chi connectivity index (χ2v) is 4.89. The molecule has 1 aromatic carbocycles. The van der Waals surface area contributed by atoms with Gasteiger partial charge in [0.2, 0.25) is 5.88 Å². The Bertz CT molecular complexity index is 578. The van der Waals surface area contributed by atoms with Crippen molar-refractivity contribution in [3.05, 3.63) is 35.5 Å². The summed E-state index contributed by atoms with van der Waals surface area (Å²) in [5, 5.41) is 4.33. The number of aryl methyl sites for hydroxylation is 2. The van der Waals surface area contributed by atoms with Gasteiger partial charge in [0.25, 0.3) is 0 Å². The first-order valence-corrected chi connectivity index (χ1v) is 6.60. The summed E-state index contributed by atoms with van der Waals surface area (Å²) >= 11 is 5.96. The number of alkyl halides is 1. The van der Waals surface area contributed by atoms with Crippen LogP contribution in [0.4, 0.5) is 5.69 Å². The normalized spacial score (nSPS) is 10.6. The van der Waals surface area contributed by atoms with Crippen LogP contribution in [0.5, 0.6) is 11.6 Å². The van der Waals surface area contributed by atoms with Crippen molar-refractivity contribution < 1.29 is 4.74 Å². The number of anilines is 1. The van der Waals surface area contributed by atoms with E-state index in [0.717, 1.165) is 22.7 Å². The minimum Gasteiger partial charge on any atom is -0.439 e. The zero-order chi connectivity index (χ0) is 14.0. The average molecular weight is 280 g/mol. The third kappa shape index (κ3) is 2.84. The molecule has 1 aromatic heterocycles. The summed E-state index contributed by atoms with van der Waals surface area (Å²) in [6, 6.07) is 7.91. The molecule has 19 heavy (non-hydrogen) atoms. The molecule has 0 atom stereocenters. The van der Waals surface area contributed by atoms with E-state index in [4.69, 9.17) is 16.3 Å². The van der Waals surface area contributed by atoms with Crippen LogP contribution in [0, 0.1) is 6.92 Å². The van der Waals surface area contributed by atoms with E-state index in [1.165, 1.54) is 0 Å². The summed E-state index contributed by atoms with van der Waals surface area (Å²) < 4.78 is 7.65. The first-order valence-electron chi connectivity index (χ1n) is 6.06. The minimum absolute atomic E-state index is 0.391. The van der Waals surface area contributed by atoms with Crippen LogP contribution in [0.15, 0.2) is 24.3 Å². The van der Waals surface area contributed by atoms with Gasteiger partial charge in [0.15, 0.2) is 0 Å². The van der Waals surface area contributed by atoms with E-state index in [9.17, 15) is 0 Å². The molecule has 5 heteroatoms. The van der Waals surface area contributed by atoms with Gasteiger partial charge in [-0.05, 0) is 19.1 Å². The Balaban J connectivity index is 2.33. The Morgan fingerprint density at radius 3 is 2.74 bits per heavy atom. The van der Waals surface area contributed by atoms with E-state index >= 15 is 0 Å². The van der Waals surface area contributed by atoms with Gasteiger partial charge in [-0.15, -0.1) is 11.6 Å². The zero-order valence-electron chi connectivity index (χ0n) is 11.6. The lowest BCUT2D eigenvalue weighted by atomic mass is 10.2. The highest BCUT2D eigenvalue weighted by Gasteiger charge is 2.14. The van der Waals surface area contributed by atoms with Crippen molar-refractivity contribution in [3.63, 3.8) is 0 Å². The van der Waals surface area contributed by atoms with Crippen molar-refractivity contribution in [2.75, 3.05) is 19.0 Å².